The summed E-state index contributed by atoms with van der Waals surface area (Å²) in [5, 5.41) is 0. The van der Waals surface area contributed by atoms with Crippen LogP contribution in [0.15, 0.2) is 24.5 Å². The van der Waals surface area contributed by atoms with E-state index >= 15 is 0 Å². The van der Waals surface area contributed by atoms with Gasteiger partial charge in [0.05, 0.1) is 0 Å². The minimum Gasteiger partial charge on any atom is -0.298 e. The zero-order valence-corrected chi connectivity index (χ0v) is 11.3. The quantitative estimate of drug-likeness (QED) is 0.797. The van der Waals surface area contributed by atoms with E-state index in [9.17, 15) is 0 Å². The Balaban J connectivity index is 1.67. The molecule has 2 fully saturated rings. The molecule has 0 N–H and O–H groups in total. The van der Waals surface area contributed by atoms with Gasteiger partial charge in [-0.25, -0.2) is 0 Å². The Morgan fingerprint density at radius 2 is 2.00 bits per heavy atom. The van der Waals surface area contributed by atoms with Crippen molar-refractivity contribution in [2.75, 3.05) is 26.2 Å². The van der Waals surface area contributed by atoms with Gasteiger partial charge in [-0.2, -0.15) is 0 Å². The van der Waals surface area contributed by atoms with Gasteiger partial charge < -0.3 is 0 Å². The molecular formula is C15H23N3. The highest BCUT2D eigenvalue weighted by Crippen LogP contribution is 2.27. The molecule has 3 heteroatoms. The average Bonchev–Trinajstić information content (AvgIpc) is 2.47. The van der Waals surface area contributed by atoms with Crippen LogP contribution >= 0.6 is 0 Å². The summed E-state index contributed by atoms with van der Waals surface area (Å²) in [5.74, 6) is 0. The van der Waals surface area contributed by atoms with Gasteiger partial charge >= 0.3 is 0 Å². The molecule has 98 valence electrons. The van der Waals surface area contributed by atoms with Crippen molar-refractivity contribution in [3.05, 3.63) is 30.1 Å². The zero-order chi connectivity index (χ0) is 12.4. The first kappa shape index (κ1) is 12.1. The lowest BCUT2D eigenvalue weighted by atomic mass is 9.97. The van der Waals surface area contributed by atoms with Gasteiger partial charge in [0, 0.05) is 44.1 Å². The van der Waals surface area contributed by atoms with Gasteiger partial charge in [0.2, 0.25) is 0 Å². The standard InChI is InChI=1S/C15H23N3/c1-13(14-5-7-16-8-6-14)18-11-10-17-9-3-2-4-15(17)12-18/h5-8,13,15H,2-4,9-12H2,1H3. The third kappa shape index (κ3) is 2.43. The molecule has 2 saturated heterocycles. The van der Waals surface area contributed by atoms with Gasteiger partial charge in [0.1, 0.15) is 0 Å². The fourth-order valence-electron chi connectivity index (χ4n) is 3.38. The van der Waals surface area contributed by atoms with Gasteiger partial charge in [-0.15, -0.1) is 0 Å². The predicted octanol–water partition coefficient (Wildman–Crippen LogP) is 2.31. The fourth-order valence-corrected chi connectivity index (χ4v) is 3.38. The Hall–Kier alpha value is -0.930. The molecular weight excluding hydrogens is 222 g/mol. The SMILES string of the molecule is CC(c1ccncc1)N1CCN2CCCCC2C1. The van der Waals surface area contributed by atoms with Gasteiger partial charge in [-0.3, -0.25) is 14.8 Å². The normalized spacial score (nSPS) is 27.7. The lowest BCUT2D eigenvalue weighted by Crippen LogP contribution is -2.55. The number of pyridine rings is 1. The van der Waals surface area contributed by atoms with Crippen LogP contribution < -0.4 is 0 Å². The summed E-state index contributed by atoms with van der Waals surface area (Å²) in [6.07, 6.45) is 8.01. The number of aromatic nitrogens is 1. The molecule has 2 aliphatic rings. The van der Waals surface area contributed by atoms with Crippen LogP contribution in [0, 0.1) is 0 Å². The highest BCUT2D eigenvalue weighted by molar-refractivity contribution is 5.14. The van der Waals surface area contributed by atoms with Crippen LogP contribution in [0.2, 0.25) is 0 Å². The van der Waals surface area contributed by atoms with E-state index < -0.39 is 0 Å². The van der Waals surface area contributed by atoms with Crippen molar-refractivity contribution in [1.29, 1.82) is 0 Å². The van der Waals surface area contributed by atoms with E-state index in [1.807, 2.05) is 12.4 Å². The van der Waals surface area contributed by atoms with Crippen LogP contribution in [-0.2, 0) is 0 Å². The molecule has 3 nitrogen and oxygen atoms in total. The molecule has 2 aliphatic heterocycles. The first-order chi connectivity index (χ1) is 8.84. The van der Waals surface area contributed by atoms with E-state index in [0.29, 0.717) is 6.04 Å². The first-order valence-electron chi connectivity index (χ1n) is 7.22. The largest absolute Gasteiger partial charge is 0.298 e. The van der Waals surface area contributed by atoms with Crippen molar-refractivity contribution in [3.8, 4) is 0 Å². The number of piperazine rings is 1. The molecule has 0 aromatic carbocycles. The van der Waals surface area contributed by atoms with Crippen molar-refractivity contribution in [2.45, 2.75) is 38.3 Å². The summed E-state index contributed by atoms with van der Waals surface area (Å²) in [6, 6.07) is 5.63. The maximum Gasteiger partial charge on any atom is 0.0322 e. The lowest BCUT2D eigenvalue weighted by molar-refractivity contribution is 0.0307. The van der Waals surface area contributed by atoms with Crippen molar-refractivity contribution < 1.29 is 0 Å². The summed E-state index contributed by atoms with van der Waals surface area (Å²) >= 11 is 0. The molecule has 0 spiro atoms. The molecule has 0 saturated carbocycles. The molecule has 2 unspecified atom stereocenters. The summed E-state index contributed by atoms with van der Waals surface area (Å²) in [4.78, 5) is 9.45. The third-order valence-electron chi connectivity index (χ3n) is 4.60. The van der Waals surface area contributed by atoms with E-state index in [-0.39, 0.29) is 0 Å². The zero-order valence-electron chi connectivity index (χ0n) is 11.3. The number of fused-ring (bicyclic) bond motifs is 1. The maximum atomic E-state index is 4.11. The average molecular weight is 245 g/mol. The smallest absolute Gasteiger partial charge is 0.0322 e. The molecule has 1 aromatic heterocycles. The highest BCUT2D eigenvalue weighted by atomic mass is 15.3. The summed E-state index contributed by atoms with van der Waals surface area (Å²) in [6.45, 7) is 7.35. The Kier molecular flexibility index (Phi) is 3.62. The molecule has 3 rings (SSSR count). The summed E-state index contributed by atoms with van der Waals surface area (Å²) < 4.78 is 0. The van der Waals surface area contributed by atoms with Crippen molar-refractivity contribution in [3.63, 3.8) is 0 Å². The van der Waals surface area contributed by atoms with E-state index in [1.165, 1.54) is 51.0 Å². The second kappa shape index (κ2) is 5.37. The van der Waals surface area contributed by atoms with Gasteiger partial charge in [-0.05, 0) is 44.0 Å². The van der Waals surface area contributed by atoms with Crippen molar-refractivity contribution in [1.82, 2.24) is 14.8 Å². The number of piperidine rings is 1. The lowest BCUT2D eigenvalue weighted by Gasteiger charge is -2.46. The van der Waals surface area contributed by atoms with E-state index in [4.69, 9.17) is 0 Å². The highest BCUT2D eigenvalue weighted by Gasteiger charge is 2.30. The first-order valence-corrected chi connectivity index (χ1v) is 7.22. The van der Waals surface area contributed by atoms with Gasteiger partial charge in [-0.1, -0.05) is 6.42 Å². The monoisotopic (exact) mass is 245 g/mol. The van der Waals surface area contributed by atoms with E-state index in [1.54, 1.807) is 0 Å². The minimum atomic E-state index is 0.525. The van der Waals surface area contributed by atoms with Crippen molar-refractivity contribution in [2.24, 2.45) is 0 Å². The molecule has 2 atom stereocenters. The van der Waals surface area contributed by atoms with Crippen molar-refractivity contribution >= 4 is 0 Å². The Bertz CT molecular complexity index is 379. The molecule has 0 radical (unpaired) electrons. The van der Waals surface area contributed by atoms with Crippen LogP contribution in [0.3, 0.4) is 0 Å². The molecule has 3 heterocycles. The Morgan fingerprint density at radius 1 is 1.17 bits per heavy atom. The van der Waals surface area contributed by atoms with Gasteiger partial charge in [0.15, 0.2) is 0 Å². The maximum absolute atomic E-state index is 4.11. The molecule has 0 aliphatic carbocycles. The topological polar surface area (TPSA) is 19.4 Å². The molecule has 1 aromatic rings. The summed E-state index contributed by atoms with van der Waals surface area (Å²) in [5.41, 5.74) is 1.40. The van der Waals surface area contributed by atoms with Crippen LogP contribution in [0.5, 0.6) is 0 Å². The molecule has 0 amide bonds. The molecule has 18 heavy (non-hydrogen) atoms. The Morgan fingerprint density at radius 3 is 2.83 bits per heavy atom. The number of rotatable bonds is 2. The number of hydrogen-bond donors (Lipinski definition) is 0. The fraction of sp³-hybridized carbons (Fsp3) is 0.667. The third-order valence-corrected chi connectivity index (χ3v) is 4.60. The number of nitrogens with zero attached hydrogens (tertiary/aromatic N) is 3. The molecule has 0 bridgehead atoms. The second-order valence-corrected chi connectivity index (χ2v) is 5.64. The van der Waals surface area contributed by atoms with Crippen LogP contribution in [0.4, 0.5) is 0 Å². The van der Waals surface area contributed by atoms with Crippen LogP contribution in [0.25, 0.3) is 0 Å². The van der Waals surface area contributed by atoms with Gasteiger partial charge in [0.25, 0.3) is 0 Å². The second-order valence-electron chi connectivity index (χ2n) is 5.64. The van der Waals surface area contributed by atoms with E-state index in [0.717, 1.165) is 6.04 Å². The summed E-state index contributed by atoms with van der Waals surface area (Å²) in [7, 11) is 0. The van der Waals surface area contributed by atoms with E-state index in [2.05, 4.69) is 33.8 Å². The minimum absolute atomic E-state index is 0.525. The number of hydrogen-bond acceptors (Lipinski definition) is 3. The van der Waals surface area contributed by atoms with Crippen LogP contribution in [0.1, 0.15) is 37.8 Å². The Labute approximate surface area is 110 Å². The van der Waals surface area contributed by atoms with Crippen LogP contribution in [-0.4, -0.2) is 47.0 Å². The predicted molar refractivity (Wildman–Crippen MR) is 73.4 cm³/mol.